The minimum Gasteiger partial charge on any atom is -0.508 e. The smallest absolute Gasteiger partial charge is 0.408 e. The second-order valence-corrected chi connectivity index (χ2v) is 9.06. The third-order valence-electron chi connectivity index (χ3n) is 4.35. The van der Waals surface area contributed by atoms with Crippen LogP contribution in [0.3, 0.4) is 0 Å². The van der Waals surface area contributed by atoms with Gasteiger partial charge in [0.25, 0.3) is 5.91 Å². The fourth-order valence-electron chi connectivity index (χ4n) is 2.82. The van der Waals surface area contributed by atoms with Gasteiger partial charge in [0.15, 0.2) is 6.04 Å². The van der Waals surface area contributed by atoms with Crippen LogP contribution in [-0.2, 0) is 23.9 Å². The van der Waals surface area contributed by atoms with E-state index in [9.17, 15) is 24.3 Å². The number of hydrogen-bond donors (Lipinski definition) is 3. The number of aromatic hydroxyl groups is 1. The molecule has 2 atom stereocenters. The molecule has 1 aromatic rings. The van der Waals surface area contributed by atoms with Gasteiger partial charge in [-0.05, 0) is 45.3 Å². The minimum absolute atomic E-state index is 0.0389. The number of benzene rings is 1. The summed E-state index contributed by atoms with van der Waals surface area (Å²) >= 11 is 1.45. The molecule has 3 N–H and O–H groups in total. The van der Waals surface area contributed by atoms with Gasteiger partial charge in [0, 0.05) is 11.6 Å². The van der Waals surface area contributed by atoms with E-state index in [1.54, 1.807) is 26.8 Å². The summed E-state index contributed by atoms with van der Waals surface area (Å²) in [4.78, 5) is 51.1. The fourth-order valence-corrected chi connectivity index (χ4v) is 3.29. The Morgan fingerprint density at radius 2 is 1.88 bits per heavy atom. The van der Waals surface area contributed by atoms with Crippen LogP contribution in [0, 0.1) is 12.5 Å². The number of para-hydroxylation sites is 1. The molecule has 0 saturated carbocycles. The normalized spacial score (nSPS) is 12.5. The zero-order chi connectivity index (χ0) is 25.9. The van der Waals surface area contributed by atoms with Gasteiger partial charge in [-0.3, -0.25) is 19.3 Å². The summed E-state index contributed by atoms with van der Waals surface area (Å²) in [5.41, 5.74) is -0.758. The predicted octanol–water partition coefficient (Wildman–Crippen LogP) is 1.79. The predicted molar refractivity (Wildman–Crippen MR) is 128 cm³/mol. The van der Waals surface area contributed by atoms with Gasteiger partial charge < -0.3 is 25.2 Å². The number of carbonyl (C=O) groups excluding carboxylic acids is 4. The highest BCUT2D eigenvalue weighted by atomic mass is 32.2. The van der Waals surface area contributed by atoms with Crippen molar-refractivity contribution in [3.8, 4) is 18.2 Å². The topological polar surface area (TPSA) is 134 Å². The van der Waals surface area contributed by atoms with Gasteiger partial charge in [-0.2, -0.15) is 11.8 Å². The van der Waals surface area contributed by atoms with Crippen LogP contribution in [0.25, 0.3) is 0 Å². The van der Waals surface area contributed by atoms with E-state index < -0.39 is 48.1 Å². The van der Waals surface area contributed by atoms with Crippen LogP contribution in [0.5, 0.6) is 5.75 Å². The maximum absolute atomic E-state index is 13.5. The largest absolute Gasteiger partial charge is 0.508 e. The number of amides is 3. The summed E-state index contributed by atoms with van der Waals surface area (Å²) in [7, 11) is 1.16. The molecule has 0 fully saturated rings. The average molecular weight is 494 g/mol. The Hall–Kier alpha value is -3.39. The lowest BCUT2D eigenvalue weighted by molar-refractivity contribution is -0.142. The number of carbonyl (C=O) groups is 4. The number of rotatable bonds is 10. The summed E-state index contributed by atoms with van der Waals surface area (Å²) in [5, 5.41) is 15.2. The molecule has 0 saturated heterocycles. The van der Waals surface area contributed by atoms with Crippen LogP contribution in [0.1, 0.15) is 38.8 Å². The first-order valence-electron chi connectivity index (χ1n) is 10.3. The Morgan fingerprint density at radius 1 is 1.24 bits per heavy atom. The number of esters is 1. The highest BCUT2D eigenvalue weighted by molar-refractivity contribution is 7.98. The number of alkyl carbamates (subject to hydrolysis) is 1. The standard InChI is InChI=1S/C23H31N3O7S/c1-7-26(21(30)16(12-13-34-6)25-22(31)33-23(2,3)4)19(15-10-8-9-11-17(15)27)20(29)24-14-18(28)32-5/h1,8-11,16,19,27H,12-14H2,2-6H3,(H,24,29)(H,25,31). The van der Waals surface area contributed by atoms with Crippen molar-refractivity contribution in [2.75, 3.05) is 25.7 Å². The molecule has 186 valence electrons. The summed E-state index contributed by atoms with van der Waals surface area (Å²) in [6.45, 7) is 4.56. The van der Waals surface area contributed by atoms with Crippen molar-refractivity contribution in [3.63, 3.8) is 0 Å². The number of methoxy groups -OCH3 is 1. The maximum atomic E-state index is 13.5. The van der Waals surface area contributed by atoms with Gasteiger partial charge in [-0.15, -0.1) is 0 Å². The van der Waals surface area contributed by atoms with Gasteiger partial charge in [-0.25, -0.2) is 4.79 Å². The molecule has 34 heavy (non-hydrogen) atoms. The van der Waals surface area contributed by atoms with Gasteiger partial charge in [0.2, 0.25) is 5.91 Å². The highest BCUT2D eigenvalue weighted by Gasteiger charge is 2.37. The van der Waals surface area contributed by atoms with E-state index in [4.69, 9.17) is 11.2 Å². The summed E-state index contributed by atoms with van der Waals surface area (Å²) in [5.74, 6) is -2.08. The molecule has 0 radical (unpaired) electrons. The SMILES string of the molecule is C#CN(C(=O)C(CCSC)NC(=O)OC(C)(C)C)C(C(=O)NCC(=O)OC)c1ccccc1O. The summed E-state index contributed by atoms with van der Waals surface area (Å²) in [6, 6.07) is 5.44. The number of hydrogen-bond acceptors (Lipinski definition) is 8. The number of nitrogens with one attached hydrogen (secondary N) is 2. The Kier molecular flexibility index (Phi) is 11.2. The molecule has 0 aliphatic rings. The lowest BCUT2D eigenvalue weighted by Crippen LogP contribution is -2.52. The van der Waals surface area contributed by atoms with E-state index >= 15 is 0 Å². The van der Waals surface area contributed by atoms with Crippen LogP contribution < -0.4 is 10.6 Å². The van der Waals surface area contributed by atoms with Crippen molar-refractivity contribution >= 4 is 35.6 Å². The van der Waals surface area contributed by atoms with Gasteiger partial charge >= 0.3 is 12.1 Å². The van der Waals surface area contributed by atoms with Gasteiger partial charge in [-0.1, -0.05) is 24.6 Å². The number of thioether (sulfide) groups is 1. The molecular weight excluding hydrogens is 462 g/mol. The quantitative estimate of drug-likeness (QED) is 0.255. The third-order valence-corrected chi connectivity index (χ3v) is 4.99. The summed E-state index contributed by atoms with van der Waals surface area (Å²) < 4.78 is 9.77. The van der Waals surface area contributed by atoms with Crippen molar-refractivity contribution in [3.05, 3.63) is 29.8 Å². The molecule has 11 heteroatoms. The number of ether oxygens (including phenoxy) is 2. The van der Waals surface area contributed by atoms with E-state index in [2.05, 4.69) is 21.4 Å². The van der Waals surface area contributed by atoms with Crippen LogP contribution in [0.2, 0.25) is 0 Å². The molecule has 0 aliphatic heterocycles. The van der Waals surface area contributed by atoms with Crippen LogP contribution >= 0.6 is 11.8 Å². The molecule has 10 nitrogen and oxygen atoms in total. The zero-order valence-corrected chi connectivity index (χ0v) is 20.7. The van der Waals surface area contributed by atoms with Crippen molar-refractivity contribution in [2.24, 2.45) is 0 Å². The third kappa shape index (κ3) is 8.86. The van der Waals surface area contributed by atoms with Crippen LogP contribution in [0.4, 0.5) is 4.79 Å². The lowest BCUT2D eigenvalue weighted by Gasteiger charge is -2.30. The van der Waals surface area contributed by atoms with Crippen LogP contribution in [-0.4, -0.2) is 71.2 Å². The van der Waals surface area contributed by atoms with Gasteiger partial charge in [0.05, 0.1) is 7.11 Å². The monoisotopic (exact) mass is 493 g/mol. The Bertz CT molecular complexity index is 924. The molecule has 0 spiro atoms. The molecule has 0 heterocycles. The molecule has 1 rings (SSSR count). The van der Waals surface area contributed by atoms with E-state index in [0.29, 0.717) is 5.75 Å². The van der Waals surface area contributed by atoms with E-state index in [1.165, 1.54) is 30.0 Å². The van der Waals surface area contributed by atoms with Crippen molar-refractivity contribution < 1.29 is 33.8 Å². The minimum atomic E-state index is -1.49. The Labute approximate surface area is 203 Å². The van der Waals surface area contributed by atoms with Gasteiger partial charge in [0.1, 0.15) is 23.9 Å². The van der Waals surface area contributed by atoms with E-state index in [0.717, 1.165) is 12.0 Å². The Balaban J connectivity index is 3.34. The molecule has 1 aromatic carbocycles. The highest BCUT2D eigenvalue weighted by Crippen LogP contribution is 2.29. The zero-order valence-electron chi connectivity index (χ0n) is 19.9. The molecule has 0 aliphatic carbocycles. The first-order valence-corrected chi connectivity index (χ1v) is 11.7. The van der Waals surface area contributed by atoms with Crippen molar-refractivity contribution in [1.29, 1.82) is 0 Å². The van der Waals surface area contributed by atoms with E-state index in [-0.39, 0.29) is 17.7 Å². The average Bonchev–Trinajstić information content (AvgIpc) is 2.77. The first kappa shape index (κ1) is 28.6. The molecule has 2 unspecified atom stereocenters. The number of nitrogens with zero attached hydrogens (tertiary/aromatic N) is 1. The first-order chi connectivity index (χ1) is 15.9. The maximum Gasteiger partial charge on any atom is 0.408 e. The van der Waals surface area contributed by atoms with Crippen LogP contribution in [0.15, 0.2) is 24.3 Å². The fraction of sp³-hybridized carbons (Fsp3) is 0.478. The van der Waals surface area contributed by atoms with Crippen molar-refractivity contribution in [1.82, 2.24) is 15.5 Å². The molecule has 0 aromatic heterocycles. The number of phenolic OH excluding ortho intramolecular Hbond substituents is 1. The molecular formula is C23H31N3O7S. The summed E-state index contributed by atoms with van der Waals surface area (Å²) in [6.07, 6.45) is 6.85. The molecule has 0 bridgehead atoms. The number of phenols is 1. The number of terminal acetylenes is 1. The van der Waals surface area contributed by atoms with E-state index in [1.807, 2.05) is 6.26 Å². The van der Waals surface area contributed by atoms with Crippen molar-refractivity contribution in [2.45, 2.75) is 44.9 Å². The molecule has 3 amide bonds. The Morgan fingerprint density at radius 3 is 2.41 bits per heavy atom. The second-order valence-electron chi connectivity index (χ2n) is 8.07. The lowest BCUT2D eigenvalue weighted by atomic mass is 10.0. The second kappa shape index (κ2) is 13.3.